The molecule has 0 fully saturated rings. The van der Waals surface area contributed by atoms with E-state index in [1.807, 2.05) is 0 Å². The molecule has 0 aliphatic rings. The van der Waals surface area contributed by atoms with Crippen molar-refractivity contribution in [2.45, 2.75) is 26.8 Å². The molecule has 0 spiro atoms. The molecule has 0 aliphatic heterocycles. The largest absolute Gasteiger partial charge is 0.462 e. The molecule has 10 heteroatoms. The highest BCUT2D eigenvalue weighted by Gasteiger charge is 2.17. The Kier molecular flexibility index (Phi) is 7.27. The van der Waals surface area contributed by atoms with Gasteiger partial charge in [-0.2, -0.15) is 15.1 Å². The number of anilines is 1. The Morgan fingerprint density at radius 2 is 2.00 bits per heavy atom. The Morgan fingerprint density at radius 1 is 1.18 bits per heavy atom. The van der Waals surface area contributed by atoms with Crippen molar-refractivity contribution in [1.82, 2.24) is 29.5 Å². The molecule has 4 aromatic rings. The van der Waals surface area contributed by atoms with Gasteiger partial charge in [0.25, 0.3) is 0 Å². The molecule has 1 aromatic carbocycles. The maximum atomic E-state index is 14.3. The van der Waals surface area contributed by atoms with Crippen LogP contribution in [-0.4, -0.2) is 55.7 Å². The molecule has 4 rings (SSSR count). The van der Waals surface area contributed by atoms with Crippen molar-refractivity contribution in [3.8, 4) is 17.3 Å². The zero-order valence-corrected chi connectivity index (χ0v) is 19.4. The topological polar surface area (TPSA) is 80.5 Å². The SMILES string of the molecule is CCN(CC)CCOc1nc(N[C@@H](C)c2ccc(F)cc2F)cc(-c2cnn3cccnc23)n1.[HH]. The average molecular weight is 470 g/mol. The molecule has 3 heterocycles. The first-order valence-corrected chi connectivity index (χ1v) is 11.2. The smallest absolute Gasteiger partial charge is 0.318 e. The van der Waals surface area contributed by atoms with Crippen molar-refractivity contribution >= 4 is 11.5 Å². The maximum absolute atomic E-state index is 14.3. The zero-order valence-electron chi connectivity index (χ0n) is 19.4. The van der Waals surface area contributed by atoms with Crippen LogP contribution in [0.15, 0.2) is 48.9 Å². The quantitative estimate of drug-likeness (QED) is 0.363. The van der Waals surface area contributed by atoms with E-state index in [1.165, 1.54) is 12.1 Å². The van der Waals surface area contributed by atoms with Crippen LogP contribution in [0.4, 0.5) is 14.6 Å². The number of fused-ring (bicyclic) bond motifs is 1. The number of halogens is 2. The van der Waals surface area contributed by atoms with Crippen LogP contribution < -0.4 is 10.1 Å². The highest BCUT2D eigenvalue weighted by molar-refractivity contribution is 5.75. The van der Waals surface area contributed by atoms with Gasteiger partial charge in [0.15, 0.2) is 5.65 Å². The Balaban J connectivity index is 0.00000342. The van der Waals surface area contributed by atoms with E-state index in [2.05, 4.69) is 44.1 Å². The number of hydrogen-bond acceptors (Lipinski definition) is 7. The molecule has 0 aliphatic carbocycles. The summed E-state index contributed by atoms with van der Waals surface area (Å²) in [4.78, 5) is 15.7. The summed E-state index contributed by atoms with van der Waals surface area (Å²) in [6, 6.07) is 6.75. The summed E-state index contributed by atoms with van der Waals surface area (Å²) in [5.74, 6) is -0.812. The molecule has 1 N–H and O–H groups in total. The fraction of sp³-hybridized carbons (Fsp3) is 0.333. The van der Waals surface area contributed by atoms with Crippen LogP contribution in [-0.2, 0) is 0 Å². The second-order valence-corrected chi connectivity index (χ2v) is 7.77. The summed E-state index contributed by atoms with van der Waals surface area (Å²) in [6.07, 6.45) is 5.16. The highest BCUT2D eigenvalue weighted by atomic mass is 19.1. The van der Waals surface area contributed by atoms with Crippen molar-refractivity contribution in [3.05, 3.63) is 66.1 Å². The Labute approximate surface area is 198 Å². The molecule has 0 unspecified atom stereocenters. The Bertz CT molecular complexity index is 1270. The molecular formula is C24H29F2N7O. The van der Waals surface area contributed by atoms with E-state index in [4.69, 9.17) is 4.74 Å². The van der Waals surface area contributed by atoms with Gasteiger partial charge in [0.2, 0.25) is 0 Å². The molecule has 3 aromatic heterocycles. The Morgan fingerprint density at radius 3 is 2.76 bits per heavy atom. The van der Waals surface area contributed by atoms with Gasteiger partial charge in [-0.3, -0.25) is 0 Å². The summed E-state index contributed by atoms with van der Waals surface area (Å²) in [7, 11) is 0. The van der Waals surface area contributed by atoms with Crippen molar-refractivity contribution < 1.29 is 14.9 Å². The number of hydrogen-bond donors (Lipinski definition) is 1. The van der Waals surface area contributed by atoms with E-state index in [0.29, 0.717) is 34.9 Å². The fourth-order valence-corrected chi connectivity index (χ4v) is 3.67. The van der Waals surface area contributed by atoms with Gasteiger partial charge in [-0.1, -0.05) is 19.9 Å². The normalized spacial score (nSPS) is 12.3. The lowest BCUT2D eigenvalue weighted by atomic mass is 10.1. The third-order valence-electron chi connectivity index (χ3n) is 5.59. The zero-order chi connectivity index (χ0) is 24.1. The van der Waals surface area contributed by atoms with Gasteiger partial charge in [-0.15, -0.1) is 0 Å². The van der Waals surface area contributed by atoms with Crippen LogP contribution in [0.3, 0.4) is 0 Å². The predicted molar refractivity (Wildman–Crippen MR) is 128 cm³/mol. The van der Waals surface area contributed by atoms with Crippen molar-refractivity contribution in [2.24, 2.45) is 0 Å². The lowest BCUT2D eigenvalue weighted by Gasteiger charge is -2.19. The number of nitrogens with one attached hydrogen (secondary N) is 1. The average Bonchev–Trinajstić information content (AvgIpc) is 3.26. The third-order valence-corrected chi connectivity index (χ3v) is 5.59. The number of aromatic nitrogens is 5. The molecule has 180 valence electrons. The summed E-state index contributed by atoms with van der Waals surface area (Å²) in [5.41, 5.74) is 2.23. The van der Waals surface area contributed by atoms with Crippen molar-refractivity contribution in [3.63, 3.8) is 0 Å². The van der Waals surface area contributed by atoms with Crippen molar-refractivity contribution in [2.75, 3.05) is 31.6 Å². The summed E-state index contributed by atoms with van der Waals surface area (Å²) >= 11 is 0. The van der Waals surface area contributed by atoms with Gasteiger partial charge in [0.1, 0.15) is 24.1 Å². The van der Waals surface area contributed by atoms with E-state index in [-0.39, 0.29) is 7.44 Å². The lowest BCUT2D eigenvalue weighted by Crippen LogP contribution is -2.28. The highest BCUT2D eigenvalue weighted by Crippen LogP contribution is 2.28. The van der Waals surface area contributed by atoms with Gasteiger partial charge in [-0.05, 0) is 32.1 Å². The summed E-state index contributed by atoms with van der Waals surface area (Å²) in [5, 5.41) is 7.51. The van der Waals surface area contributed by atoms with Gasteiger partial charge in [0.05, 0.1) is 23.5 Å². The first-order chi connectivity index (χ1) is 16.5. The monoisotopic (exact) mass is 469 g/mol. The summed E-state index contributed by atoms with van der Waals surface area (Å²) in [6.45, 7) is 8.95. The van der Waals surface area contributed by atoms with Crippen LogP contribution in [0.25, 0.3) is 16.9 Å². The molecule has 0 saturated heterocycles. The second kappa shape index (κ2) is 10.5. The third kappa shape index (κ3) is 5.28. The minimum atomic E-state index is -0.628. The minimum Gasteiger partial charge on any atom is -0.462 e. The van der Waals surface area contributed by atoms with Crippen LogP contribution in [0.5, 0.6) is 6.01 Å². The number of nitrogens with zero attached hydrogens (tertiary/aromatic N) is 6. The molecule has 34 heavy (non-hydrogen) atoms. The van der Waals surface area contributed by atoms with E-state index in [9.17, 15) is 8.78 Å². The molecule has 0 radical (unpaired) electrons. The maximum Gasteiger partial charge on any atom is 0.318 e. The standard InChI is InChI=1S/C24H27F2N7O.H2/c1-4-32(5-2)11-12-34-24-30-21(19-15-28-33-10-6-9-27-23(19)33)14-22(31-24)29-16(3)18-8-7-17(25)13-20(18)26;/h6-10,13-16H,4-5,11-12H2,1-3H3,(H,29,30,31);1H/t16-;/m0./s1. The molecule has 0 saturated carbocycles. The van der Waals surface area contributed by atoms with Crippen molar-refractivity contribution in [1.29, 1.82) is 0 Å². The molecular weight excluding hydrogens is 440 g/mol. The molecule has 0 amide bonds. The predicted octanol–water partition coefficient (Wildman–Crippen LogP) is 4.60. The first-order valence-electron chi connectivity index (χ1n) is 11.2. The van der Waals surface area contributed by atoms with Crippen LogP contribution in [0.2, 0.25) is 0 Å². The first kappa shape index (κ1) is 23.5. The minimum absolute atomic E-state index is 0. The van der Waals surface area contributed by atoms with E-state index < -0.39 is 17.7 Å². The molecule has 1 atom stereocenters. The van der Waals surface area contributed by atoms with E-state index in [1.54, 1.807) is 42.2 Å². The Hall–Kier alpha value is -3.66. The van der Waals surface area contributed by atoms with Crippen LogP contribution in [0.1, 0.15) is 33.8 Å². The lowest BCUT2D eigenvalue weighted by molar-refractivity contribution is 0.212. The number of benzene rings is 1. The molecule has 8 nitrogen and oxygen atoms in total. The van der Waals surface area contributed by atoms with Gasteiger partial charge >= 0.3 is 6.01 Å². The van der Waals surface area contributed by atoms with Gasteiger partial charge in [0, 0.05) is 38.1 Å². The van der Waals surface area contributed by atoms with Gasteiger partial charge in [-0.25, -0.2) is 18.3 Å². The van der Waals surface area contributed by atoms with E-state index in [0.717, 1.165) is 25.7 Å². The second-order valence-electron chi connectivity index (χ2n) is 7.77. The van der Waals surface area contributed by atoms with Crippen LogP contribution >= 0.6 is 0 Å². The van der Waals surface area contributed by atoms with Crippen LogP contribution in [0, 0.1) is 11.6 Å². The summed E-state index contributed by atoms with van der Waals surface area (Å²) < 4.78 is 35.2. The van der Waals surface area contributed by atoms with Gasteiger partial charge < -0.3 is 15.0 Å². The fourth-order valence-electron chi connectivity index (χ4n) is 3.67. The van der Waals surface area contributed by atoms with E-state index >= 15 is 0 Å². The number of ether oxygens (including phenoxy) is 1. The number of rotatable bonds is 10. The number of likely N-dealkylation sites (N-methyl/N-ethyl adjacent to an activating group) is 1. The molecule has 0 bridgehead atoms.